The second kappa shape index (κ2) is 26.4. The summed E-state index contributed by atoms with van der Waals surface area (Å²) in [5, 5.41) is 20.2. The van der Waals surface area contributed by atoms with Crippen LogP contribution in [0.4, 0.5) is 0 Å². The maximum absolute atomic E-state index is 12.5. The van der Waals surface area contributed by atoms with Crippen LogP contribution in [0.1, 0.15) is 168 Å². The van der Waals surface area contributed by atoms with Crippen molar-refractivity contribution in [1.29, 1.82) is 0 Å². The lowest BCUT2D eigenvalue weighted by Gasteiger charge is -2.27. The molecule has 1 aliphatic rings. The first-order chi connectivity index (χ1) is 20.0. The summed E-state index contributed by atoms with van der Waals surface area (Å²) in [7, 11) is 0. The number of carbonyl (C=O) groups is 2. The van der Waals surface area contributed by atoms with Crippen LogP contribution in [0.25, 0.3) is 0 Å². The van der Waals surface area contributed by atoms with Crippen LogP contribution in [0.3, 0.4) is 0 Å². The molecule has 0 aromatic carbocycles. The number of unbranched alkanes of at least 4 members (excludes halogenated alkanes) is 20. The van der Waals surface area contributed by atoms with Gasteiger partial charge in [0, 0.05) is 12.8 Å². The van der Waals surface area contributed by atoms with Crippen LogP contribution in [-0.4, -0.2) is 59.8 Å². The Kier molecular flexibility index (Phi) is 24.4. The minimum Gasteiger partial charge on any atom is -0.457 e. The van der Waals surface area contributed by atoms with Crippen LogP contribution >= 0.6 is 0 Å². The van der Waals surface area contributed by atoms with Crippen molar-refractivity contribution in [3.63, 3.8) is 0 Å². The molecule has 1 fully saturated rings. The van der Waals surface area contributed by atoms with Crippen molar-refractivity contribution in [2.75, 3.05) is 13.2 Å². The molecule has 0 spiro atoms. The molecule has 0 saturated carbocycles. The van der Waals surface area contributed by atoms with E-state index in [9.17, 15) is 19.8 Å². The molecule has 7 heteroatoms. The molecule has 242 valence electrons. The predicted molar refractivity (Wildman–Crippen MR) is 165 cm³/mol. The lowest BCUT2D eigenvalue weighted by Crippen LogP contribution is -2.45. The van der Waals surface area contributed by atoms with Crippen molar-refractivity contribution in [1.82, 2.24) is 0 Å². The highest BCUT2D eigenvalue weighted by molar-refractivity contribution is 5.70. The van der Waals surface area contributed by atoms with E-state index in [1.165, 1.54) is 103 Å². The van der Waals surface area contributed by atoms with E-state index in [1.54, 1.807) is 0 Å². The molecule has 0 radical (unpaired) electrons. The third-order valence-electron chi connectivity index (χ3n) is 8.23. The van der Waals surface area contributed by atoms with Crippen molar-refractivity contribution in [3.05, 3.63) is 0 Å². The van der Waals surface area contributed by atoms with E-state index in [0.717, 1.165) is 38.5 Å². The Balaban J connectivity index is 2.18. The van der Waals surface area contributed by atoms with Crippen LogP contribution in [0.15, 0.2) is 0 Å². The van der Waals surface area contributed by atoms with Gasteiger partial charge in [0.25, 0.3) is 0 Å². The number of rotatable bonds is 28. The normalized spacial score (nSPS) is 19.4. The van der Waals surface area contributed by atoms with E-state index in [0.29, 0.717) is 0 Å². The molecule has 1 rings (SSSR count). The molecule has 41 heavy (non-hydrogen) atoms. The summed E-state index contributed by atoms with van der Waals surface area (Å²) >= 11 is 0. The topological polar surface area (TPSA) is 102 Å². The van der Waals surface area contributed by atoms with Crippen molar-refractivity contribution in [2.45, 2.75) is 192 Å². The van der Waals surface area contributed by atoms with Crippen molar-refractivity contribution >= 4 is 11.9 Å². The zero-order valence-electron chi connectivity index (χ0n) is 26.6. The molecule has 2 N–H and O–H groups in total. The first-order valence-electron chi connectivity index (χ1n) is 17.3. The van der Waals surface area contributed by atoms with Crippen molar-refractivity contribution in [3.8, 4) is 0 Å². The first-order valence-corrected chi connectivity index (χ1v) is 17.3. The van der Waals surface area contributed by atoms with Gasteiger partial charge in [-0.2, -0.15) is 0 Å². The Morgan fingerprint density at radius 2 is 1.05 bits per heavy atom. The van der Waals surface area contributed by atoms with Gasteiger partial charge in [-0.1, -0.05) is 142 Å². The molecule has 0 bridgehead atoms. The highest BCUT2D eigenvalue weighted by Gasteiger charge is 2.45. The Hall–Kier alpha value is -1.18. The van der Waals surface area contributed by atoms with Crippen LogP contribution in [0.2, 0.25) is 0 Å². The fraction of sp³-hybridized carbons (Fsp3) is 0.941. The van der Waals surface area contributed by atoms with E-state index >= 15 is 0 Å². The second-order valence-electron chi connectivity index (χ2n) is 12.1. The third-order valence-corrected chi connectivity index (χ3v) is 8.23. The van der Waals surface area contributed by atoms with Gasteiger partial charge < -0.3 is 24.4 Å². The molecular weight excluding hydrogens is 520 g/mol. The summed E-state index contributed by atoms with van der Waals surface area (Å²) < 4.78 is 16.6. The standard InChI is InChI=1S/C34H64O7/c1-3-5-7-9-11-13-15-17-19-21-23-25-31(37)40-30(27-35)34-33(29(36)28-39-34)41-32(38)26-24-22-20-18-16-14-12-10-8-6-4-2/h29-30,33-36H,3-28H2,1-2H3/t29-,30+,33+,34+/m0/s1. The molecular formula is C34H64O7. The smallest absolute Gasteiger partial charge is 0.306 e. The van der Waals surface area contributed by atoms with E-state index in [-0.39, 0.29) is 25.4 Å². The number of esters is 2. The number of aliphatic hydroxyl groups excluding tert-OH is 2. The van der Waals surface area contributed by atoms with E-state index in [1.807, 2.05) is 0 Å². The van der Waals surface area contributed by atoms with Crippen molar-refractivity contribution < 1.29 is 34.0 Å². The molecule has 0 aromatic rings. The molecule has 0 aliphatic carbocycles. The minimum atomic E-state index is -0.999. The average molecular weight is 585 g/mol. The zero-order chi connectivity index (χ0) is 30.0. The highest BCUT2D eigenvalue weighted by atomic mass is 16.6. The maximum Gasteiger partial charge on any atom is 0.306 e. The van der Waals surface area contributed by atoms with Crippen molar-refractivity contribution in [2.24, 2.45) is 0 Å². The summed E-state index contributed by atoms with van der Waals surface area (Å²) in [6.45, 7) is 4.00. The van der Waals surface area contributed by atoms with Gasteiger partial charge in [0.15, 0.2) is 12.2 Å². The monoisotopic (exact) mass is 584 g/mol. The number of ether oxygens (including phenoxy) is 3. The fourth-order valence-corrected chi connectivity index (χ4v) is 5.60. The van der Waals surface area contributed by atoms with Crippen LogP contribution in [0, 0.1) is 0 Å². The SMILES string of the molecule is CCCCCCCCCCCCCC(=O)O[C@H]1[C@@H]([C@@H](CO)OC(=O)CCCCCCCCCCCCC)OC[C@@H]1O. The Labute approximate surface area is 251 Å². The van der Waals surface area contributed by atoms with Crippen LogP contribution in [-0.2, 0) is 23.8 Å². The van der Waals surface area contributed by atoms with E-state index in [4.69, 9.17) is 14.2 Å². The number of hydrogen-bond acceptors (Lipinski definition) is 7. The largest absolute Gasteiger partial charge is 0.457 e. The molecule has 1 saturated heterocycles. The summed E-state index contributed by atoms with van der Waals surface area (Å²) in [6.07, 6.45) is 23.2. The van der Waals surface area contributed by atoms with Gasteiger partial charge in [0.1, 0.15) is 12.2 Å². The van der Waals surface area contributed by atoms with Gasteiger partial charge >= 0.3 is 11.9 Å². The predicted octanol–water partition coefficient (Wildman–Crippen LogP) is 7.96. The molecule has 1 heterocycles. The van der Waals surface area contributed by atoms with Gasteiger partial charge in [-0.25, -0.2) is 0 Å². The van der Waals surface area contributed by atoms with Gasteiger partial charge in [0.05, 0.1) is 13.2 Å². The zero-order valence-corrected chi connectivity index (χ0v) is 26.6. The van der Waals surface area contributed by atoms with Gasteiger partial charge in [-0.15, -0.1) is 0 Å². The van der Waals surface area contributed by atoms with Gasteiger partial charge in [-0.05, 0) is 12.8 Å². The summed E-state index contributed by atoms with van der Waals surface area (Å²) in [6, 6.07) is 0. The van der Waals surface area contributed by atoms with Crippen LogP contribution in [0.5, 0.6) is 0 Å². The summed E-state index contributed by atoms with van der Waals surface area (Å²) in [5.74, 6) is -0.777. The van der Waals surface area contributed by atoms with Gasteiger partial charge in [0.2, 0.25) is 0 Å². The van der Waals surface area contributed by atoms with E-state index < -0.39 is 37.0 Å². The third kappa shape index (κ3) is 19.6. The summed E-state index contributed by atoms with van der Waals surface area (Å²) in [4.78, 5) is 24.9. The number of aliphatic hydroxyl groups is 2. The minimum absolute atomic E-state index is 0.0201. The molecule has 0 unspecified atom stereocenters. The molecule has 4 atom stereocenters. The Morgan fingerprint density at radius 1 is 0.659 bits per heavy atom. The van der Waals surface area contributed by atoms with Crippen LogP contribution < -0.4 is 0 Å². The molecule has 7 nitrogen and oxygen atoms in total. The fourth-order valence-electron chi connectivity index (χ4n) is 5.60. The van der Waals surface area contributed by atoms with Gasteiger partial charge in [-0.3, -0.25) is 9.59 Å². The lowest BCUT2D eigenvalue weighted by molar-refractivity contribution is -0.171. The lowest BCUT2D eigenvalue weighted by atomic mass is 10.0. The quantitative estimate of drug-likeness (QED) is 0.0710. The average Bonchev–Trinajstić information content (AvgIpc) is 3.32. The maximum atomic E-state index is 12.5. The molecule has 0 aromatic heterocycles. The number of carbonyl (C=O) groups excluding carboxylic acids is 2. The number of hydrogen-bond donors (Lipinski definition) is 2. The second-order valence-corrected chi connectivity index (χ2v) is 12.1. The Morgan fingerprint density at radius 3 is 1.46 bits per heavy atom. The Bertz CT molecular complexity index is 626. The summed E-state index contributed by atoms with van der Waals surface area (Å²) in [5.41, 5.74) is 0. The first kappa shape index (κ1) is 37.8. The molecule has 0 amide bonds. The highest BCUT2D eigenvalue weighted by Crippen LogP contribution is 2.24. The van der Waals surface area contributed by atoms with E-state index in [2.05, 4.69) is 13.8 Å². The molecule has 1 aliphatic heterocycles.